The third-order valence-corrected chi connectivity index (χ3v) is 4.07. The highest BCUT2D eigenvalue weighted by Gasteiger charge is 2.41. The molecule has 0 radical (unpaired) electrons. The Hall–Kier alpha value is -1.97. The number of rotatable bonds is 1. The van der Waals surface area contributed by atoms with E-state index in [-0.39, 0.29) is 29.4 Å². The highest BCUT2D eigenvalue weighted by molar-refractivity contribution is 6.07. The van der Waals surface area contributed by atoms with Crippen LogP contribution in [-0.4, -0.2) is 17.6 Å². The minimum absolute atomic E-state index is 0.0493. The van der Waals surface area contributed by atoms with Crippen molar-refractivity contribution in [2.24, 2.45) is 11.8 Å². The maximum absolute atomic E-state index is 12.4. The number of piperidine rings is 1. The molecular formula is C15H15NO3. The molecule has 1 saturated heterocycles. The van der Waals surface area contributed by atoms with Crippen LogP contribution in [0.25, 0.3) is 0 Å². The summed E-state index contributed by atoms with van der Waals surface area (Å²) in [7, 11) is 0. The van der Waals surface area contributed by atoms with Gasteiger partial charge in [0, 0.05) is 23.8 Å². The summed E-state index contributed by atoms with van der Waals surface area (Å²) in [6, 6.07) is 5.84. The van der Waals surface area contributed by atoms with Crippen molar-refractivity contribution in [3.63, 3.8) is 0 Å². The van der Waals surface area contributed by atoms with Crippen LogP contribution in [-0.2, 0) is 16.0 Å². The van der Waals surface area contributed by atoms with Crippen LogP contribution in [0.4, 0.5) is 0 Å². The fourth-order valence-electron chi connectivity index (χ4n) is 3.05. The molecule has 2 aliphatic rings. The lowest BCUT2D eigenvalue weighted by molar-refractivity contribution is -0.137. The van der Waals surface area contributed by atoms with Gasteiger partial charge < -0.3 is 0 Å². The number of benzene rings is 1. The summed E-state index contributed by atoms with van der Waals surface area (Å²) < 4.78 is 0. The average molecular weight is 257 g/mol. The molecule has 0 spiro atoms. The lowest BCUT2D eigenvalue weighted by Crippen LogP contribution is -2.44. The first-order valence-electron chi connectivity index (χ1n) is 6.53. The number of nitrogens with one attached hydrogen (secondary N) is 1. The Kier molecular flexibility index (Phi) is 2.73. The van der Waals surface area contributed by atoms with Crippen LogP contribution in [0.2, 0.25) is 0 Å². The maximum atomic E-state index is 12.4. The van der Waals surface area contributed by atoms with E-state index in [4.69, 9.17) is 0 Å². The number of ketones is 1. The lowest BCUT2D eigenvalue weighted by atomic mass is 9.83. The van der Waals surface area contributed by atoms with Crippen LogP contribution in [0.3, 0.4) is 0 Å². The molecule has 2 unspecified atom stereocenters. The number of fused-ring (bicyclic) bond motifs is 1. The molecule has 4 nitrogen and oxygen atoms in total. The predicted molar refractivity (Wildman–Crippen MR) is 68.6 cm³/mol. The molecule has 2 amide bonds. The maximum Gasteiger partial charge on any atom is 0.230 e. The van der Waals surface area contributed by atoms with Gasteiger partial charge >= 0.3 is 0 Å². The van der Waals surface area contributed by atoms with Gasteiger partial charge in [0.25, 0.3) is 0 Å². The number of imide groups is 1. The molecule has 2 atom stereocenters. The number of amides is 2. The number of Topliss-reactive ketones (excluding diaryl/α,β-unsaturated/α-hetero) is 1. The Morgan fingerprint density at radius 2 is 1.95 bits per heavy atom. The zero-order chi connectivity index (χ0) is 13.6. The van der Waals surface area contributed by atoms with Gasteiger partial charge in [0.2, 0.25) is 11.8 Å². The molecule has 3 rings (SSSR count). The summed E-state index contributed by atoms with van der Waals surface area (Å²) in [6.07, 6.45) is 1.42. The number of carbonyl (C=O) groups is 3. The topological polar surface area (TPSA) is 63.2 Å². The van der Waals surface area contributed by atoms with E-state index in [1.807, 2.05) is 25.1 Å². The molecule has 1 aliphatic heterocycles. The van der Waals surface area contributed by atoms with Crippen LogP contribution in [0.1, 0.15) is 34.3 Å². The largest absolute Gasteiger partial charge is 0.296 e. The van der Waals surface area contributed by atoms with Crippen LogP contribution >= 0.6 is 0 Å². The van der Waals surface area contributed by atoms with Crippen LogP contribution in [0.5, 0.6) is 0 Å². The SMILES string of the molecule is Cc1ccc2c(c1)C(=O)C(C1CCC(=O)NC1=O)C2. The quantitative estimate of drug-likeness (QED) is 0.773. The highest BCUT2D eigenvalue weighted by Crippen LogP contribution is 2.35. The number of carbonyl (C=O) groups excluding carboxylic acids is 3. The summed E-state index contributed by atoms with van der Waals surface area (Å²) >= 11 is 0. The van der Waals surface area contributed by atoms with E-state index in [0.29, 0.717) is 19.3 Å². The highest BCUT2D eigenvalue weighted by atomic mass is 16.2. The summed E-state index contributed by atoms with van der Waals surface area (Å²) in [6.45, 7) is 1.95. The Balaban J connectivity index is 1.88. The van der Waals surface area contributed by atoms with Gasteiger partial charge in [0.1, 0.15) is 0 Å². The molecule has 0 saturated carbocycles. The van der Waals surface area contributed by atoms with Crippen molar-refractivity contribution in [3.8, 4) is 0 Å². The molecular weight excluding hydrogens is 242 g/mol. The fourth-order valence-corrected chi connectivity index (χ4v) is 3.05. The zero-order valence-corrected chi connectivity index (χ0v) is 10.7. The van der Waals surface area contributed by atoms with Crippen LogP contribution in [0.15, 0.2) is 18.2 Å². The van der Waals surface area contributed by atoms with Gasteiger partial charge in [-0.15, -0.1) is 0 Å². The number of aryl methyl sites for hydroxylation is 1. The summed E-state index contributed by atoms with van der Waals surface area (Å²) in [4.78, 5) is 35.4. The van der Waals surface area contributed by atoms with Crippen molar-refractivity contribution < 1.29 is 14.4 Å². The lowest BCUT2D eigenvalue weighted by Gasteiger charge is -2.24. The van der Waals surface area contributed by atoms with Gasteiger partial charge in [-0.1, -0.05) is 17.7 Å². The molecule has 0 bridgehead atoms. The molecule has 1 aromatic rings. The number of hydrogen-bond acceptors (Lipinski definition) is 3. The second-order valence-electron chi connectivity index (χ2n) is 5.39. The van der Waals surface area contributed by atoms with E-state index in [0.717, 1.165) is 16.7 Å². The van der Waals surface area contributed by atoms with Gasteiger partial charge in [-0.2, -0.15) is 0 Å². The van der Waals surface area contributed by atoms with Crippen LogP contribution < -0.4 is 5.32 Å². The Bertz CT molecular complexity index is 591. The van der Waals surface area contributed by atoms with Crippen molar-refractivity contribution in [3.05, 3.63) is 34.9 Å². The van der Waals surface area contributed by atoms with Gasteiger partial charge in [-0.3, -0.25) is 19.7 Å². The minimum Gasteiger partial charge on any atom is -0.296 e. The van der Waals surface area contributed by atoms with E-state index >= 15 is 0 Å². The molecule has 19 heavy (non-hydrogen) atoms. The van der Waals surface area contributed by atoms with E-state index < -0.39 is 0 Å². The molecule has 1 aliphatic carbocycles. The first-order valence-corrected chi connectivity index (χ1v) is 6.53. The van der Waals surface area contributed by atoms with Crippen molar-refractivity contribution in [2.75, 3.05) is 0 Å². The Labute approximate surface area is 111 Å². The third kappa shape index (κ3) is 1.97. The monoisotopic (exact) mass is 257 g/mol. The third-order valence-electron chi connectivity index (χ3n) is 4.07. The van der Waals surface area contributed by atoms with Crippen molar-refractivity contribution in [1.82, 2.24) is 5.32 Å². The number of hydrogen-bond donors (Lipinski definition) is 1. The smallest absolute Gasteiger partial charge is 0.230 e. The van der Waals surface area contributed by atoms with Gasteiger partial charge in [-0.05, 0) is 31.4 Å². The zero-order valence-electron chi connectivity index (χ0n) is 10.7. The van der Waals surface area contributed by atoms with Gasteiger partial charge in [0.05, 0.1) is 0 Å². The molecule has 1 aromatic carbocycles. The van der Waals surface area contributed by atoms with E-state index in [9.17, 15) is 14.4 Å². The normalized spacial score (nSPS) is 26.3. The molecule has 4 heteroatoms. The Morgan fingerprint density at radius 3 is 2.68 bits per heavy atom. The predicted octanol–water partition coefficient (Wildman–Crippen LogP) is 1.40. The fraction of sp³-hybridized carbons (Fsp3) is 0.400. The van der Waals surface area contributed by atoms with Crippen molar-refractivity contribution in [1.29, 1.82) is 0 Å². The second kappa shape index (κ2) is 4.30. The van der Waals surface area contributed by atoms with Gasteiger partial charge in [0.15, 0.2) is 5.78 Å². The first kappa shape index (κ1) is 12.1. The summed E-state index contributed by atoms with van der Waals surface area (Å²) in [5.41, 5.74) is 2.82. The second-order valence-corrected chi connectivity index (χ2v) is 5.39. The average Bonchev–Trinajstić information content (AvgIpc) is 2.67. The molecule has 0 aromatic heterocycles. The van der Waals surface area contributed by atoms with E-state index in [1.165, 1.54) is 0 Å². The molecule has 1 heterocycles. The minimum atomic E-state index is -0.363. The standard InChI is InChI=1S/C15H15NO3/c1-8-2-3-9-7-12(14(18)11(9)6-8)10-4-5-13(17)16-15(10)19/h2-3,6,10,12H,4-5,7H2,1H3,(H,16,17,19). The first-order chi connectivity index (χ1) is 9.06. The molecule has 1 N–H and O–H groups in total. The van der Waals surface area contributed by atoms with E-state index in [2.05, 4.69) is 5.32 Å². The van der Waals surface area contributed by atoms with Crippen molar-refractivity contribution >= 4 is 17.6 Å². The van der Waals surface area contributed by atoms with Crippen molar-refractivity contribution in [2.45, 2.75) is 26.2 Å². The molecule has 1 fully saturated rings. The summed E-state index contributed by atoms with van der Waals surface area (Å²) in [5.74, 6) is -1.14. The Morgan fingerprint density at radius 1 is 1.16 bits per heavy atom. The van der Waals surface area contributed by atoms with Crippen LogP contribution in [0, 0.1) is 18.8 Å². The summed E-state index contributed by atoms with van der Waals surface area (Å²) in [5, 5.41) is 2.33. The molecule has 98 valence electrons. The van der Waals surface area contributed by atoms with Gasteiger partial charge in [-0.25, -0.2) is 0 Å². The van der Waals surface area contributed by atoms with E-state index in [1.54, 1.807) is 0 Å².